The second kappa shape index (κ2) is 5.04. The molecule has 0 aliphatic rings. The van der Waals surface area contributed by atoms with Crippen LogP contribution in [0.1, 0.15) is 28.8 Å². The second-order valence-electron chi connectivity index (χ2n) is 4.07. The fourth-order valence-electron chi connectivity index (χ4n) is 1.84. The lowest BCUT2D eigenvalue weighted by Crippen LogP contribution is -2.12. The van der Waals surface area contributed by atoms with E-state index in [9.17, 15) is 4.79 Å². The molecule has 0 aliphatic heterocycles. The van der Waals surface area contributed by atoms with Gasteiger partial charge < -0.3 is 9.30 Å². The highest BCUT2D eigenvalue weighted by Gasteiger charge is 2.15. The Kier molecular flexibility index (Phi) is 3.46. The summed E-state index contributed by atoms with van der Waals surface area (Å²) in [5.74, 6) is -0.314. The van der Waals surface area contributed by atoms with E-state index < -0.39 is 0 Å². The molecule has 18 heavy (non-hydrogen) atoms. The van der Waals surface area contributed by atoms with Crippen molar-refractivity contribution in [2.75, 3.05) is 6.61 Å². The number of nitrogens with zero attached hydrogens (tertiary/aromatic N) is 2. The average molecular weight is 244 g/mol. The summed E-state index contributed by atoms with van der Waals surface area (Å²) in [7, 11) is 0. The van der Waals surface area contributed by atoms with Gasteiger partial charge in [-0.25, -0.2) is 4.79 Å². The van der Waals surface area contributed by atoms with Crippen molar-refractivity contribution in [1.82, 2.24) is 9.55 Å². The van der Waals surface area contributed by atoms with Crippen LogP contribution >= 0.6 is 0 Å². The van der Waals surface area contributed by atoms with Gasteiger partial charge in [0.05, 0.1) is 18.5 Å². The second-order valence-corrected chi connectivity index (χ2v) is 4.07. The summed E-state index contributed by atoms with van der Waals surface area (Å²) < 4.78 is 6.90. The van der Waals surface area contributed by atoms with Crippen LogP contribution in [0.25, 0.3) is 5.69 Å². The summed E-state index contributed by atoms with van der Waals surface area (Å²) in [6, 6.07) is 7.53. The summed E-state index contributed by atoms with van der Waals surface area (Å²) in [5.41, 5.74) is 3.32. The number of carbonyl (C=O) groups excluding carboxylic acids is 1. The van der Waals surface area contributed by atoms with E-state index in [1.54, 1.807) is 19.2 Å². The van der Waals surface area contributed by atoms with E-state index in [1.807, 2.05) is 36.6 Å². The molecule has 0 aromatic carbocycles. The predicted octanol–water partition coefficient (Wildman–Crippen LogP) is 2.67. The van der Waals surface area contributed by atoms with Crippen molar-refractivity contribution in [2.45, 2.75) is 20.8 Å². The van der Waals surface area contributed by atoms with E-state index in [1.165, 1.54) is 0 Å². The first-order valence-electron chi connectivity index (χ1n) is 5.92. The first-order chi connectivity index (χ1) is 8.63. The van der Waals surface area contributed by atoms with E-state index in [2.05, 4.69) is 4.98 Å². The smallest absolute Gasteiger partial charge is 0.355 e. The molecule has 0 saturated heterocycles. The van der Waals surface area contributed by atoms with E-state index >= 15 is 0 Å². The van der Waals surface area contributed by atoms with Gasteiger partial charge in [-0.3, -0.25) is 4.98 Å². The van der Waals surface area contributed by atoms with Crippen LogP contribution in [0.5, 0.6) is 0 Å². The van der Waals surface area contributed by atoms with Crippen LogP contribution in [0.2, 0.25) is 0 Å². The fourth-order valence-corrected chi connectivity index (χ4v) is 1.84. The van der Waals surface area contributed by atoms with Crippen molar-refractivity contribution in [3.8, 4) is 5.69 Å². The van der Waals surface area contributed by atoms with Gasteiger partial charge in [0, 0.05) is 11.4 Å². The fraction of sp³-hybridized carbons (Fsp3) is 0.286. The van der Waals surface area contributed by atoms with Gasteiger partial charge in [-0.15, -0.1) is 0 Å². The number of carbonyl (C=O) groups is 1. The first-order valence-corrected chi connectivity index (χ1v) is 5.92. The molecule has 2 aromatic rings. The molecule has 2 aromatic heterocycles. The summed E-state index contributed by atoms with van der Waals surface area (Å²) in [6.45, 7) is 6.04. The Morgan fingerprint density at radius 3 is 2.67 bits per heavy atom. The lowest BCUT2D eigenvalue weighted by Gasteiger charge is -2.10. The molecule has 0 unspecified atom stereocenters. The Balaban J connectivity index is 2.46. The minimum atomic E-state index is -0.314. The van der Waals surface area contributed by atoms with Gasteiger partial charge in [0.2, 0.25) is 0 Å². The van der Waals surface area contributed by atoms with Gasteiger partial charge in [-0.1, -0.05) is 0 Å². The Hall–Kier alpha value is -2.10. The quantitative estimate of drug-likeness (QED) is 0.780. The molecule has 94 valence electrons. The Morgan fingerprint density at radius 2 is 2.06 bits per heavy atom. The maximum Gasteiger partial charge on any atom is 0.355 e. The standard InChI is InChI=1S/C14H16N2O2/c1-4-18-14(17)13-8-6-11(3)16(13)12-7-5-10(2)15-9-12/h5-9H,4H2,1-3H3. The molecule has 4 nitrogen and oxygen atoms in total. The molecule has 0 amide bonds. The minimum Gasteiger partial charge on any atom is -0.461 e. The van der Waals surface area contributed by atoms with Crippen molar-refractivity contribution in [3.05, 3.63) is 47.5 Å². The summed E-state index contributed by atoms with van der Waals surface area (Å²) in [5, 5.41) is 0. The highest BCUT2D eigenvalue weighted by Crippen LogP contribution is 2.17. The highest BCUT2D eigenvalue weighted by atomic mass is 16.5. The predicted molar refractivity (Wildman–Crippen MR) is 69.0 cm³/mol. The van der Waals surface area contributed by atoms with E-state index in [-0.39, 0.29) is 5.97 Å². The van der Waals surface area contributed by atoms with Gasteiger partial charge in [0.25, 0.3) is 0 Å². The van der Waals surface area contributed by atoms with Crippen molar-refractivity contribution in [2.24, 2.45) is 0 Å². The molecule has 0 fully saturated rings. The maximum atomic E-state index is 11.9. The molecule has 0 atom stereocenters. The van der Waals surface area contributed by atoms with Gasteiger partial charge in [0.15, 0.2) is 0 Å². The molecular formula is C14H16N2O2. The molecular weight excluding hydrogens is 228 g/mol. The molecule has 0 spiro atoms. The van der Waals surface area contributed by atoms with Gasteiger partial charge in [-0.05, 0) is 45.0 Å². The summed E-state index contributed by atoms with van der Waals surface area (Å²) >= 11 is 0. The average Bonchev–Trinajstić information content (AvgIpc) is 2.73. The number of esters is 1. The zero-order valence-corrected chi connectivity index (χ0v) is 10.8. The maximum absolute atomic E-state index is 11.9. The molecule has 0 radical (unpaired) electrons. The molecule has 0 N–H and O–H groups in total. The Labute approximate surface area is 106 Å². The lowest BCUT2D eigenvalue weighted by molar-refractivity contribution is 0.0517. The molecule has 4 heteroatoms. The van der Waals surface area contributed by atoms with Crippen molar-refractivity contribution in [3.63, 3.8) is 0 Å². The zero-order valence-electron chi connectivity index (χ0n) is 10.8. The molecule has 2 heterocycles. The molecule has 0 bridgehead atoms. The van der Waals surface area contributed by atoms with Crippen molar-refractivity contribution in [1.29, 1.82) is 0 Å². The minimum absolute atomic E-state index is 0.314. The third-order valence-corrected chi connectivity index (χ3v) is 2.71. The van der Waals surface area contributed by atoms with Crippen LogP contribution in [0.4, 0.5) is 0 Å². The van der Waals surface area contributed by atoms with E-state index in [0.29, 0.717) is 12.3 Å². The van der Waals surface area contributed by atoms with Crippen LogP contribution in [-0.4, -0.2) is 22.1 Å². The van der Waals surface area contributed by atoms with Crippen LogP contribution in [0.15, 0.2) is 30.5 Å². The number of pyridine rings is 1. The normalized spacial score (nSPS) is 10.4. The van der Waals surface area contributed by atoms with E-state index in [0.717, 1.165) is 17.1 Å². The zero-order chi connectivity index (χ0) is 13.1. The Bertz CT molecular complexity index is 556. The lowest BCUT2D eigenvalue weighted by atomic mass is 10.3. The van der Waals surface area contributed by atoms with Gasteiger partial charge in [-0.2, -0.15) is 0 Å². The first kappa shape index (κ1) is 12.4. The number of ether oxygens (including phenoxy) is 1. The summed E-state index contributed by atoms with van der Waals surface area (Å²) in [4.78, 5) is 16.1. The third kappa shape index (κ3) is 2.27. The largest absolute Gasteiger partial charge is 0.461 e. The Morgan fingerprint density at radius 1 is 1.28 bits per heavy atom. The number of aromatic nitrogens is 2. The molecule has 0 saturated carbocycles. The molecule has 2 rings (SSSR count). The van der Waals surface area contributed by atoms with Gasteiger partial charge >= 0.3 is 5.97 Å². The van der Waals surface area contributed by atoms with Crippen LogP contribution in [-0.2, 0) is 4.74 Å². The van der Waals surface area contributed by atoms with Crippen molar-refractivity contribution < 1.29 is 9.53 Å². The highest BCUT2D eigenvalue weighted by molar-refractivity contribution is 5.88. The topological polar surface area (TPSA) is 44.1 Å². The van der Waals surface area contributed by atoms with Crippen molar-refractivity contribution >= 4 is 5.97 Å². The SMILES string of the molecule is CCOC(=O)c1ccc(C)n1-c1ccc(C)nc1. The van der Waals surface area contributed by atoms with Gasteiger partial charge in [0.1, 0.15) is 5.69 Å². The number of hydrogen-bond acceptors (Lipinski definition) is 3. The van der Waals surface area contributed by atoms with Crippen LogP contribution < -0.4 is 0 Å². The number of hydrogen-bond donors (Lipinski definition) is 0. The van der Waals surface area contributed by atoms with E-state index in [4.69, 9.17) is 4.74 Å². The monoisotopic (exact) mass is 244 g/mol. The summed E-state index contributed by atoms with van der Waals surface area (Å²) in [6.07, 6.45) is 1.76. The molecule has 0 aliphatic carbocycles. The number of rotatable bonds is 3. The van der Waals surface area contributed by atoms with Crippen LogP contribution in [0.3, 0.4) is 0 Å². The van der Waals surface area contributed by atoms with Crippen LogP contribution in [0, 0.1) is 13.8 Å². The number of aryl methyl sites for hydroxylation is 2. The third-order valence-electron chi connectivity index (χ3n) is 2.71.